The summed E-state index contributed by atoms with van der Waals surface area (Å²) in [5.74, 6) is 0.989. The third-order valence-electron chi connectivity index (χ3n) is 1.43. The average molecular weight is 185 g/mol. The van der Waals surface area contributed by atoms with Crippen LogP contribution in [0.2, 0.25) is 0 Å². The van der Waals surface area contributed by atoms with Crippen molar-refractivity contribution in [3.63, 3.8) is 0 Å². The van der Waals surface area contributed by atoms with E-state index in [4.69, 9.17) is 15.0 Å². The summed E-state index contributed by atoms with van der Waals surface area (Å²) in [4.78, 5) is 4.05. The van der Waals surface area contributed by atoms with Gasteiger partial charge in [-0.3, -0.25) is 0 Å². The lowest BCUT2D eigenvalue weighted by atomic mass is 10.3. The van der Waals surface area contributed by atoms with Gasteiger partial charge in [-0.1, -0.05) is 5.16 Å². The lowest BCUT2D eigenvalue weighted by Crippen LogP contribution is -2.07. The Morgan fingerprint density at radius 2 is 2.15 bits per heavy atom. The van der Waals surface area contributed by atoms with Gasteiger partial charge in [-0.15, -0.1) is 0 Å². The minimum atomic E-state index is -0.198. The Bertz CT molecular complexity index is 258. The molecule has 0 spiro atoms. The molecule has 0 unspecified atom stereocenters. The number of nitrogens with zero attached hydrogens (tertiary/aromatic N) is 2. The number of nitrogens with two attached hydrogens (primary N) is 1. The van der Waals surface area contributed by atoms with E-state index in [0.29, 0.717) is 18.3 Å². The van der Waals surface area contributed by atoms with E-state index in [-0.39, 0.29) is 12.1 Å². The first-order chi connectivity index (χ1) is 6.09. The minimum absolute atomic E-state index is 0.158. The predicted octanol–water partition coefficient (Wildman–Crippen LogP) is 1.01. The van der Waals surface area contributed by atoms with Crippen molar-refractivity contribution in [3.05, 3.63) is 11.7 Å². The van der Waals surface area contributed by atoms with Gasteiger partial charge in [0.05, 0.1) is 12.1 Å². The van der Waals surface area contributed by atoms with E-state index in [1.165, 1.54) is 0 Å². The second-order valence-corrected chi connectivity index (χ2v) is 3.19. The van der Waals surface area contributed by atoms with Crippen molar-refractivity contribution in [3.8, 4) is 0 Å². The van der Waals surface area contributed by atoms with Gasteiger partial charge in [-0.2, -0.15) is 4.98 Å². The summed E-state index contributed by atoms with van der Waals surface area (Å²) in [6, 6.07) is -0.198. The maximum Gasteiger partial charge on any atom is 0.252 e. The highest BCUT2D eigenvalue weighted by atomic mass is 16.5. The molecule has 2 N–H and O–H groups in total. The molecule has 0 saturated heterocycles. The topological polar surface area (TPSA) is 74.2 Å². The van der Waals surface area contributed by atoms with Gasteiger partial charge < -0.3 is 15.0 Å². The van der Waals surface area contributed by atoms with Crippen LogP contribution in [0.3, 0.4) is 0 Å². The van der Waals surface area contributed by atoms with Crippen molar-refractivity contribution in [1.29, 1.82) is 0 Å². The molecule has 5 heteroatoms. The van der Waals surface area contributed by atoms with E-state index < -0.39 is 0 Å². The summed E-state index contributed by atoms with van der Waals surface area (Å²) in [5, 5.41) is 3.70. The van der Waals surface area contributed by atoms with Gasteiger partial charge in [0, 0.05) is 0 Å². The average Bonchev–Trinajstić information content (AvgIpc) is 2.48. The fourth-order valence-corrected chi connectivity index (χ4v) is 0.750. The fourth-order valence-electron chi connectivity index (χ4n) is 0.750. The summed E-state index contributed by atoms with van der Waals surface area (Å²) in [6.07, 6.45) is 0.158. The number of rotatable bonds is 4. The SMILES string of the molecule is CC(C)OCc1nc([C@H](C)N)no1. The first kappa shape index (κ1) is 10.1. The quantitative estimate of drug-likeness (QED) is 0.757. The smallest absolute Gasteiger partial charge is 0.252 e. The monoisotopic (exact) mass is 185 g/mol. The van der Waals surface area contributed by atoms with Gasteiger partial charge >= 0.3 is 0 Å². The van der Waals surface area contributed by atoms with Crippen molar-refractivity contribution in [1.82, 2.24) is 10.1 Å². The Kier molecular flexibility index (Phi) is 3.39. The number of hydrogen-bond acceptors (Lipinski definition) is 5. The molecule has 13 heavy (non-hydrogen) atoms. The largest absolute Gasteiger partial charge is 0.369 e. The molecule has 0 aliphatic carbocycles. The zero-order valence-electron chi connectivity index (χ0n) is 8.15. The molecule has 1 heterocycles. The van der Waals surface area contributed by atoms with Crippen LogP contribution in [-0.2, 0) is 11.3 Å². The van der Waals surface area contributed by atoms with Crippen LogP contribution >= 0.6 is 0 Å². The fraction of sp³-hybridized carbons (Fsp3) is 0.750. The van der Waals surface area contributed by atoms with Gasteiger partial charge in [0.15, 0.2) is 5.82 Å². The molecule has 5 nitrogen and oxygen atoms in total. The molecule has 0 aliphatic heterocycles. The van der Waals surface area contributed by atoms with Gasteiger partial charge in [0.1, 0.15) is 6.61 Å². The molecule has 0 radical (unpaired) electrons. The van der Waals surface area contributed by atoms with Crippen LogP contribution in [0.4, 0.5) is 0 Å². The lowest BCUT2D eigenvalue weighted by Gasteiger charge is -2.02. The van der Waals surface area contributed by atoms with Crippen LogP contribution in [0.25, 0.3) is 0 Å². The Balaban J connectivity index is 2.49. The van der Waals surface area contributed by atoms with Crippen molar-refractivity contribution < 1.29 is 9.26 Å². The summed E-state index contributed by atoms with van der Waals surface area (Å²) < 4.78 is 10.2. The summed E-state index contributed by atoms with van der Waals surface area (Å²) in [7, 11) is 0. The van der Waals surface area contributed by atoms with Crippen molar-refractivity contribution in [2.75, 3.05) is 0 Å². The molecule has 0 saturated carbocycles. The van der Waals surface area contributed by atoms with Crippen LogP contribution in [0.1, 0.15) is 38.5 Å². The van der Waals surface area contributed by atoms with Crippen molar-refractivity contribution in [2.24, 2.45) is 5.73 Å². The number of hydrogen-bond donors (Lipinski definition) is 1. The zero-order valence-corrected chi connectivity index (χ0v) is 8.15. The normalized spacial score (nSPS) is 13.6. The zero-order chi connectivity index (χ0) is 9.84. The third kappa shape index (κ3) is 3.12. The molecule has 0 amide bonds. The summed E-state index contributed by atoms with van der Waals surface area (Å²) >= 11 is 0. The van der Waals surface area contributed by atoms with E-state index in [1.54, 1.807) is 6.92 Å². The molecule has 0 aromatic carbocycles. The number of ether oxygens (including phenoxy) is 1. The van der Waals surface area contributed by atoms with E-state index in [9.17, 15) is 0 Å². The second-order valence-electron chi connectivity index (χ2n) is 3.19. The first-order valence-electron chi connectivity index (χ1n) is 4.29. The van der Waals surface area contributed by atoms with Crippen LogP contribution < -0.4 is 5.73 Å². The van der Waals surface area contributed by atoms with Gasteiger partial charge in [0.25, 0.3) is 5.89 Å². The van der Waals surface area contributed by atoms with Gasteiger partial charge in [-0.05, 0) is 20.8 Å². The first-order valence-corrected chi connectivity index (χ1v) is 4.29. The van der Waals surface area contributed by atoms with E-state index in [2.05, 4.69) is 10.1 Å². The number of aromatic nitrogens is 2. The highest BCUT2D eigenvalue weighted by molar-refractivity contribution is 4.89. The predicted molar refractivity (Wildman–Crippen MR) is 46.8 cm³/mol. The van der Waals surface area contributed by atoms with Gasteiger partial charge in [0.2, 0.25) is 0 Å². The lowest BCUT2D eigenvalue weighted by molar-refractivity contribution is 0.0485. The molecular formula is C8H15N3O2. The molecule has 1 aromatic heterocycles. The molecule has 0 aliphatic rings. The summed E-state index contributed by atoms with van der Waals surface area (Å²) in [6.45, 7) is 6.04. The second kappa shape index (κ2) is 4.34. The minimum Gasteiger partial charge on any atom is -0.369 e. The van der Waals surface area contributed by atoms with Crippen LogP contribution in [-0.4, -0.2) is 16.2 Å². The highest BCUT2D eigenvalue weighted by Gasteiger charge is 2.09. The molecule has 74 valence electrons. The highest BCUT2D eigenvalue weighted by Crippen LogP contribution is 2.06. The van der Waals surface area contributed by atoms with Gasteiger partial charge in [-0.25, -0.2) is 0 Å². The van der Waals surface area contributed by atoms with E-state index in [0.717, 1.165) is 0 Å². The maximum absolute atomic E-state index is 5.56. The van der Waals surface area contributed by atoms with Crippen LogP contribution in [0.15, 0.2) is 4.52 Å². The Morgan fingerprint density at radius 1 is 1.46 bits per heavy atom. The Hall–Kier alpha value is -0.940. The van der Waals surface area contributed by atoms with E-state index >= 15 is 0 Å². The Morgan fingerprint density at radius 3 is 2.62 bits per heavy atom. The molecule has 1 rings (SSSR count). The van der Waals surface area contributed by atoms with Crippen molar-refractivity contribution >= 4 is 0 Å². The molecule has 0 bridgehead atoms. The maximum atomic E-state index is 5.56. The van der Waals surface area contributed by atoms with Crippen LogP contribution in [0, 0.1) is 0 Å². The molecule has 0 fully saturated rings. The van der Waals surface area contributed by atoms with Crippen molar-refractivity contribution in [2.45, 2.75) is 39.5 Å². The van der Waals surface area contributed by atoms with Crippen LogP contribution in [0.5, 0.6) is 0 Å². The molecular weight excluding hydrogens is 170 g/mol. The standard InChI is InChI=1S/C8H15N3O2/c1-5(2)12-4-7-10-8(6(3)9)11-13-7/h5-6H,4,9H2,1-3H3/t6-/m0/s1. The Labute approximate surface area is 77.3 Å². The third-order valence-corrected chi connectivity index (χ3v) is 1.43. The summed E-state index contributed by atoms with van der Waals surface area (Å²) in [5.41, 5.74) is 5.56. The molecule has 1 atom stereocenters. The van der Waals surface area contributed by atoms with E-state index in [1.807, 2.05) is 13.8 Å². The molecule has 1 aromatic rings.